The topological polar surface area (TPSA) is 43.1 Å². The molecule has 2 N–H and O–H groups in total. The molecule has 3 heteroatoms. The van der Waals surface area contributed by atoms with Crippen LogP contribution in [0, 0.1) is 12.8 Å². The molecule has 0 saturated carbocycles. The molecule has 1 unspecified atom stereocenters. The van der Waals surface area contributed by atoms with Crippen molar-refractivity contribution in [2.75, 3.05) is 0 Å². The van der Waals surface area contributed by atoms with Crippen LogP contribution in [0.3, 0.4) is 0 Å². The molecule has 88 valence electrons. The fourth-order valence-electron chi connectivity index (χ4n) is 1.55. The maximum Gasteiger partial charge on any atom is 0.220 e. The Hall–Kier alpha value is -1.02. The van der Waals surface area contributed by atoms with E-state index >= 15 is 0 Å². The van der Waals surface area contributed by atoms with E-state index in [0.29, 0.717) is 0 Å². The van der Waals surface area contributed by atoms with E-state index in [4.69, 9.17) is 17.3 Å². The second-order valence-corrected chi connectivity index (χ2v) is 4.69. The summed E-state index contributed by atoms with van der Waals surface area (Å²) >= 11 is 6.03. The number of hydrogen-bond acceptors (Lipinski definition) is 1. The van der Waals surface area contributed by atoms with Crippen LogP contribution in [-0.4, -0.2) is 5.91 Å². The van der Waals surface area contributed by atoms with Gasteiger partial charge in [-0.3, -0.25) is 4.79 Å². The molecule has 1 aromatic carbocycles. The summed E-state index contributed by atoms with van der Waals surface area (Å²) in [4.78, 5) is 10.8. The molecule has 1 aromatic rings. The molecule has 1 amide bonds. The van der Waals surface area contributed by atoms with Gasteiger partial charge in [0.2, 0.25) is 5.91 Å². The molecule has 0 aliphatic rings. The number of amides is 1. The highest BCUT2D eigenvalue weighted by molar-refractivity contribution is 6.31. The Morgan fingerprint density at radius 1 is 1.50 bits per heavy atom. The monoisotopic (exact) mass is 239 g/mol. The number of nitrogens with two attached hydrogens (primary N) is 1. The minimum atomic E-state index is -0.220. The maximum absolute atomic E-state index is 10.8. The maximum atomic E-state index is 10.8. The number of carbonyl (C=O) groups is 1. The van der Waals surface area contributed by atoms with Gasteiger partial charge in [0, 0.05) is 10.9 Å². The first-order chi connectivity index (χ1) is 7.50. The third kappa shape index (κ3) is 3.86. The first kappa shape index (κ1) is 13.0. The predicted octanol–water partition coefficient (Wildman–Crippen LogP) is 3.09. The summed E-state index contributed by atoms with van der Waals surface area (Å²) in [6.07, 6.45) is 2.74. The van der Waals surface area contributed by atoms with Crippen LogP contribution in [-0.2, 0) is 11.2 Å². The molecular formula is C13H18ClNO. The zero-order valence-electron chi connectivity index (χ0n) is 9.79. The molecule has 0 heterocycles. The summed E-state index contributed by atoms with van der Waals surface area (Å²) in [5.74, 6) is -0.261. The van der Waals surface area contributed by atoms with Crippen LogP contribution in [0.5, 0.6) is 0 Å². The van der Waals surface area contributed by atoms with Crippen LogP contribution in [0.1, 0.15) is 30.9 Å². The van der Waals surface area contributed by atoms with E-state index in [1.165, 1.54) is 5.56 Å². The van der Waals surface area contributed by atoms with Gasteiger partial charge in [0.25, 0.3) is 0 Å². The minimum Gasteiger partial charge on any atom is -0.369 e. The van der Waals surface area contributed by atoms with E-state index in [1.807, 2.05) is 26.0 Å². The average Bonchev–Trinajstić information content (AvgIpc) is 2.23. The van der Waals surface area contributed by atoms with Crippen LogP contribution >= 0.6 is 11.6 Å². The lowest BCUT2D eigenvalue weighted by Gasteiger charge is -2.07. The highest BCUT2D eigenvalue weighted by Crippen LogP contribution is 2.18. The van der Waals surface area contributed by atoms with Gasteiger partial charge >= 0.3 is 0 Å². The van der Waals surface area contributed by atoms with Crippen molar-refractivity contribution in [2.45, 2.75) is 33.1 Å². The van der Waals surface area contributed by atoms with Crippen molar-refractivity contribution in [1.82, 2.24) is 0 Å². The first-order valence-corrected chi connectivity index (χ1v) is 5.93. The van der Waals surface area contributed by atoms with E-state index in [0.717, 1.165) is 29.8 Å². The van der Waals surface area contributed by atoms with Gasteiger partial charge in [-0.05, 0) is 43.4 Å². The first-order valence-electron chi connectivity index (χ1n) is 5.55. The minimum absolute atomic E-state index is 0.0408. The molecule has 0 aliphatic heterocycles. The Balaban J connectivity index is 2.43. The molecule has 0 aliphatic carbocycles. The normalized spacial score (nSPS) is 12.4. The van der Waals surface area contributed by atoms with E-state index < -0.39 is 0 Å². The molecule has 0 aromatic heterocycles. The van der Waals surface area contributed by atoms with Crippen molar-refractivity contribution in [1.29, 1.82) is 0 Å². The number of halogens is 1. The Kier molecular flexibility index (Phi) is 4.81. The van der Waals surface area contributed by atoms with E-state index in [-0.39, 0.29) is 11.8 Å². The van der Waals surface area contributed by atoms with Crippen LogP contribution in [0.4, 0.5) is 0 Å². The number of aryl methyl sites for hydroxylation is 2. The van der Waals surface area contributed by atoms with Crippen molar-refractivity contribution in [3.63, 3.8) is 0 Å². The van der Waals surface area contributed by atoms with Crippen molar-refractivity contribution in [2.24, 2.45) is 11.7 Å². The second kappa shape index (κ2) is 5.90. The number of rotatable bonds is 5. The summed E-state index contributed by atoms with van der Waals surface area (Å²) in [5, 5.41) is 0.806. The summed E-state index contributed by atoms with van der Waals surface area (Å²) in [6, 6.07) is 6.09. The van der Waals surface area contributed by atoms with Crippen molar-refractivity contribution >= 4 is 17.5 Å². The zero-order chi connectivity index (χ0) is 12.1. The molecule has 1 rings (SSSR count). The lowest BCUT2D eigenvalue weighted by Crippen LogP contribution is -2.20. The summed E-state index contributed by atoms with van der Waals surface area (Å²) in [6.45, 7) is 3.85. The predicted molar refractivity (Wildman–Crippen MR) is 67.5 cm³/mol. The van der Waals surface area contributed by atoms with Gasteiger partial charge in [-0.2, -0.15) is 0 Å². The number of benzene rings is 1. The number of primary amides is 1. The fraction of sp³-hybridized carbons (Fsp3) is 0.462. The Bertz CT molecular complexity index is 376. The molecule has 0 bridgehead atoms. The van der Waals surface area contributed by atoms with Crippen LogP contribution < -0.4 is 5.73 Å². The fourth-order valence-corrected chi connectivity index (χ4v) is 1.75. The summed E-state index contributed by atoms with van der Waals surface area (Å²) in [5.41, 5.74) is 7.51. The standard InChI is InChI=1S/C13H18ClNO/c1-9-6-7-11(8-12(9)14)5-3-4-10(2)13(15)16/h6-8,10H,3-5H2,1-2H3,(H2,15,16). The zero-order valence-corrected chi connectivity index (χ0v) is 10.6. The van der Waals surface area contributed by atoms with Gasteiger partial charge in [0.05, 0.1) is 0 Å². The highest BCUT2D eigenvalue weighted by Gasteiger charge is 2.07. The van der Waals surface area contributed by atoms with Gasteiger partial charge in [-0.15, -0.1) is 0 Å². The van der Waals surface area contributed by atoms with Gasteiger partial charge in [-0.1, -0.05) is 30.7 Å². The van der Waals surface area contributed by atoms with E-state index in [2.05, 4.69) is 6.07 Å². The lowest BCUT2D eigenvalue weighted by molar-refractivity contribution is -0.121. The van der Waals surface area contributed by atoms with Gasteiger partial charge in [-0.25, -0.2) is 0 Å². The summed E-state index contributed by atoms with van der Waals surface area (Å²) < 4.78 is 0. The highest BCUT2D eigenvalue weighted by atomic mass is 35.5. The van der Waals surface area contributed by atoms with E-state index in [9.17, 15) is 4.79 Å². The van der Waals surface area contributed by atoms with Crippen LogP contribution in [0.25, 0.3) is 0 Å². The van der Waals surface area contributed by atoms with Gasteiger partial charge in [0.15, 0.2) is 0 Å². The Morgan fingerprint density at radius 2 is 2.19 bits per heavy atom. The third-order valence-corrected chi connectivity index (χ3v) is 3.23. The summed E-state index contributed by atoms with van der Waals surface area (Å²) in [7, 11) is 0. The SMILES string of the molecule is Cc1ccc(CCCC(C)C(N)=O)cc1Cl. The number of carbonyl (C=O) groups excluding carboxylic acids is 1. The quantitative estimate of drug-likeness (QED) is 0.843. The smallest absolute Gasteiger partial charge is 0.220 e. The molecule has 0 spiro atoms. The molecule has 16 heavy (non-hydrogen) atoms. The largest absolute Gasteiger partial charge is 0.369 e. The molecule has 1 atom stereocenters. The molecule has 0 fully saturated rings. The average molecular weight is 240 g/mol. The molecular weight excluding hydrogens is 222 g/mol. The van der Waals surface area contributed by atoms with Crippen molar-refractivity contribution < 1.29 is 4.79 Å². The molecule has 0 saturated heterocycles. The number of hydrogen-bond donors (Lipinski definition) is 1. The molecule has 0 radical (unpaired) electrons. The Morgan fingerprint density at radius 3 is 2.75 bits per heavy atom. The van der Waals surface area contributed by atoms with Crippen LogP contribution in [0.15, 0.2) is 18.2 Å². The van der Waals surface area contributed by atoms with Gasteiger partial charge < -0.3 is 5.73 Å². The Labute approximate surface area is 102 Å². The lowest BCUT2D eigenvalue weighted by atomic mass is 10.0. The van der Waals surface area contributed by atoms with E-state index in [1.54, 1.807) is 0 Å². The second-order valence-electron chi connectivity index (χ2n) is 4.28. The third-order valence-electron chi connectivity index (χ3n) is 2.82. The molecule has 2 nitrogen and oxygen atoms in total. The van der Waals surface area contributed by atoms with Crippen molar-refractivity contribution in [3.8, 4) is 0 Å². The van der Waals surface area contributed by atoms with Gasteiger partial charge in [0.1, 0.15) is 0 Å². The van der Waals surface area contributed by atoms with Crippen molar-refractivity contribution in [3.05, 3.63) is 34.3 Å². The van der Waals surface area contributed by atoms with Crippen LogP contribution in [0.2, 0.25) is 5.02 Å².